The number of hydrogen-bond acceptors (Lipinski definition) is 4. The molecule has 0 spiro atoms. The maximum atomic E-state index is 11.0. The maximum Gasteiger partial charge on any atom is 0.308 e. The molecule has 0 atom stereocenters. The van der Waals surface area contributed by atoms with Crippen molar-refractivity contribution in [1.82, 2.24) is 9.61 Å². The molecule has 5 heteroatoms. The summed E-state index contributed by atoms with van der Waals surface area (Å²) in [7, 11) is 1.58. The fourth-order valence-corrected chi connectivity index (χ4v) is 1.52. The van der Waals surface area contributed by atoms with Gasteiger partial charge in [0.05, 0.1) is 7.11 Å². The Kier molecular flexibility index (Phi) is 2.52. The Morgan fingerprint density at radius 1 is 1.50 bits per heavy atom. The highest BCUT2D eigenvalue weighted by Crippen LogP contribution is 2.27. The van der Waals surface area contributed by atoms with E-state index >= 15 is 0 Å². The predicted octanol–water partition coefficient (Wildman–Crippen LogP) is 1.58. The molecule has 0 fully saturated rings. The molecule has 0 N–H and O–H groups in total. The Balaban J connectivity index is 2.61. The lowest BCUT2D eigenvalue weighted by Gasteiger charge is -2.02. The van der Waals surface area contributed by atoms with Crippen molar-refractivity contribution in [3.8, 4) is 11.5 Å². The van der Waals surface area contributed by atoms with Crippen LogP contribution in [0.3, 0.4) is 0 Å². The molecule has 2 aromatic heterocycles. The first-order valence-electron chi connectivity index (χ1n) is 4.83. The Labute approximate surface area is 92.6 Å². The van der Waals surface area contributed by atoms with Gasteiger partial charge in [-0.25, -0.2) is 4.52 Å². The molecule has 84 valence electrons. The summed E-state index contributed by atoms with van der Waals surface area (Å²) in [5.41, 5.74) is 1.38. The summed E-state index contributed by atoms with van der Waals surface area (Å²) in [5, 5.41) is 4.23. The fraction of sp³-hybridized carbons (Fsp3) is 0.273. The van der Waals surface area contributed by atoms with Gasteiger partial charge in [-0.05, 0) is 13.0 Å². The number of nitrogens with zero attached hydrogens (tertiary/aromatic N) is 2. The first-order valence-corrected chi connectivity index (χ1v) is 4.83. The van der Waals surface area contributed by atoms with Crippen LogP contribution in [0.2, 0.25) is 0 Å². The lowest BCUT2D eigenvalue weighted by molar-refractivity contribution is -0.131. The van der Waals surface area contributed by atoms with E-state index in [1.54, 1.807) is 36.9 Å². The first kappa shape index (κ1) is 10.5. The quantitative estimate of drug-likeness (QED) is 0.721. The van der Waals surface area contributed by atoms with E-state index in [0.717, 1.165) is 0 Å². The molecular formula is C11H12N2O3. The number of aryl methyl sites for hydroxylation is 1. The van der Waals surface area contributed by atoms with Crippen molar-refractivity contribution in [2.24, 2.45) is 0 Å². The molecule has 5 nitrogen and oxygen atoms in total. The third-order valence-corrected chi connectivity index (χ3v) is 2.21. The molecule has 0 unspecified atom stereocenters. The smallest absolute Gasteiger partial charge is 0.308 e. The average Bonchev–Trinajstić information content (AvgIpc) is 2.54. The van der Waals surface area contributed by atoms with E-state index in [4.69, 9.17) is 9.47 Å². The summed E-state index contributed by atoms with van der Waals surface area (Å²) in [4.78, 5) is 11.0. The second kappa shape index (κ2) is 3.84. The molecule has 16 heavy (non-hydrogen) atoms. The highest BCUT2D eigenvalue weighted by molar-refractivity contribution is 5.75. The Hall–Kier alpha value is -2.04. The van der Waals surface area contributed by atoms with Crippen LogP contribution in [0.25, 0.3) is 5.52 Å². The van der Waals surface area contributed by atoms with Crippen LogP contribution in [0.4, 0.5) is 0 Å². The monoisotopic (exact) mass is 220 g/mol. The molecule has 2 heterocycles. The van der Waals surface area contributed by atoms with Crippen LogP contribution < -0.4 is 9.47 Å². The molecule has 0 saturated carbocycles. The number of methoxy groups -OCH3 is 1. The standard InChI is InChI=1S/C11H12N2O3/c1-7-11(16-8(2)14)10-6-9(15-3)4-5-13(10)12-7/h4-6H,1-3H3. The fourth-order valence-electron chi connectivity index (χ4n) is 1.52. The number of esters is 1. The molecule has 0 bridgehead atoms. The highest BCUT2D eigenvalue weighted by Gasteiger charge is 2.13. The molecule has 0 radical (unpaired) electrons. The van der Waals surface area contributed by atoms with Gasteiger partial charge in [0.1, 0.15) is 17.0 Å². The lowest BCUT2D eigenvalue weighted by Crippen LogP contribution is -2.02. The third-order valence-electron chi connectivity index (χ3n) is 2.21. The van der Waals surface area contributed by atoms with Crippen molar-refractivity contribution in [3.05, 3.63) is 24.0 Å². The van der Waals surface area contributed by atoms with Crippen molar-refractivity contribution in [3.63, 3.8) is 0 Å². The normalized spacial score (nSPS) is 10.4. The molecule has 2 aromatic rings. The summed E-state index contributed by atoms with van der Waals surface area (Å²) in [5.74, 6) is 0.813. The van der Waals surface area contributed by atoms with Gasteiger partial charge >= 0.3 is 5.97 Å². The van der Waals surface area contributed by atoms with Crippen LogP contribution in [-0.4, -0.2) is 22.7 Å². The van der Waals surface area contributed by atoms with Crippen molar-refractivity contribution in [1.29, 1.82) is 0 Å². The van der Waals surface area contributed by atoms with E-state index in [-0.39, 0.29) is 5.97 Å². The summed E-state index contributed by atoms with van der Waals surface area (Å²) in [6.45, 7) is 3.15. The Morgan fingerprint density at radius 2 is 2.25 bits per heavy atom. The van der Waals surface area contributed by atoms with Gasteiger partial charge in [0, 0.05) is 19.2 Å². The minimum Gasteiger partial charge on any atom is -0.497 e. The molecule has 0 aliphatic carbocycles. The van der Waals surface area contributed by atoms with Crippen LogP contribution in [0, 0.1) is 6.92 Å². The number of rotatable bonds is 2. The van der Waals surface area contributed by atoms with Crippen LogP contribution >= 0.6 is 0 Å². The number of carbonyl (C=O) groups is 1. The summed E-state index contributed by atoms with van der Waals surface area (Å²) < 4.78 is 11.9. The number of carbonyl (C=O) groups excluding carboxylic acids is 1. The average molecular weight is 220 g/mol. The first-order chi connectivity index (χ1) is 7.61. The zero-order valence-corrected chi connectivity index (χ0v) is 9.35. The summed E-state index contributed by atoms with van der Waals surface area (Å²) in [6.07, 6.45) is 1.76. The van der Waals surface area contributed by atoms with E-state index in [2.05, 4.69) is 5.10 Å². The molecule has 2 rings (SSSR count). The third kappa shape index (κ3) is 1.71. The zero-order chi connectivity index (χ0) is 11.7. The van der Waals surface area contributed by atoms with Crippen LogP contribution in [0.1, 0.15) is 12.6 Å². The number of pyridine rings is 1. The van der Waals surface area contributed by atoms with E-state index in [1.165, 1.54) is 6.92 Å². The second-order valence-corrected chi connectivity index (χ2v) is 3.40. The number of ether oxygens (including phenoxy) is 2. The van der Waals surface area contributed by atoms with Gasteiger partial charge in [0.15, 0.2) is 5.75 Å². The molecule has 0 aromatic carbocycles. The molecule has 0 aliphatic heterocycles. The van der Waals surface area contributed by atoms with Crippen LogP contribution in [-0.2, 0) is 4.79 Å². The van der Waals surface area contributed by atoms with E-state index in [9.17, 15) is 4.79 Å². The Bertz CT molecular complexity index is 545. The van der Waals surface area contributed by atoms with Gasteiger partial charge in [0.2, 0.25) is 0 Å². The van der Waals surface area contributed by atoms with Gasteiger partial charge in [-0.1, -0.05) is 0 Å². The topological polar surface area (TPSA) is 52.8 Å². The summed E-state index contributed by atoms with van der Waals surface area (Å²) in [6, 6.07) is 3.56. The van der Waals surface area contributed by atoms with Crippen molar-refractivity contribution in [2.75, 3.05) is 7.11 Å². The van der Waals surface area contributed by atoms with E-state index in [0.29, 0.717) is 22.7 Å². The molecule has 0 amide bonds. The lowest BCUT2D eigenvalue weighted by atomic mass is 10.3. The zero-order valence-electron chi connectivity index (χ0n) is 9.35. The van der Waals surface area contributed by atoms with Gasteiger partial charge in [-0.3, -0.25) is 4.79 Å². The maximum absolute atomic E-state index is 11.0. The Morgan fingerprint density at radius 3 is 2.88 bits per heavy atom. The number of hydrogen-bond donors (Lipinski definition) is 0. The van der Waals surface area contributed by atoms with Crippen LogP contribution in [0.5, 0.6) is 11.5 Å². The van der Waals surface area contributed by atoms with Gasteiger partial charge in [-0.2, -0.15) is 5.10 Å². The van der Waals surface area contributed by atoms with Gasteiger partial charge in [-0.15, -0.1) is 0 Å². The van der Waals surface area contributed by atoms with Crippen molar-refractivity contribution >= 4 is 11.5 Å². The molecule has 0 saturated heterocycles. The van der Waals surface area contributed by atoms with Crippen molar-refractivity contribution < 1.29 is 14.3 Å². The molecular weight excluding hydrogens is 208 g/mol. The largest absolute Gasteiger partial charge is 0.497 e. The predicted molar refractivity (Wildman–Crippen MR) is 57.8 cm³/mol. The van der Waals surface area contributed by atoms with E-state index < -0.39 is 0 Å². The van der Waals surface area contributed by atoms with Crippen LogP contribution in [0.15, 0.2) is 18.3 Å². The van der Waals surface area contributed by atoms with E-state index in [1.807, 2.05) is 0 Å². The van der Waals surface area contributed by atoms with Gasteiger partial charge in [0.25, 0.3) is 0 Å². The highest BCUT2D eigenvalue weighted by atomic mass is 16.5. The SMILES string of the molecule is COc1ccn2nc(C)c(OC(C)=O)c2c1. The minimum atomic E-state index is -0.360. The van der Waals surface area contributed by atoms with Crippen molar-refractivity contribution in [2.45, 2.75) is 13.8 Å². The number of aromatic nitrogens is 2. The molecule has 0 aliphatic rings. The minimum absolute atomic E-state index is 0.360. The second-order valence-electron chi connectivity index (χ2n) is 3.40. The number of fused-ring (bicyclic) bond motifs is 1. The summed E-state index contributed by atoms with van der Waals surface area (Å²) >= 11 is 0. The van der Waals surface area contributed by atoms with Gasteiger partial charge < -0.3 is 9.47 Å².